The van der Waals surface area contributed by atoms with Crippen molar-refractivity contribution in [2.75, 3.05) is 26.2 Å². The monoisotopic (exact) mass is 321 g/mol. The summed E-state index contributed by atoms with van der Waals surface area (Å²) in [5, 5.41) is 2.86. The van der Waals surface area contributed by atoms with Crippen molar-refractivity contribution in [3.8, 4) is 0 Å². The molecule has 124 valence electrons. The predicted octanol–water partition coefficient (Wildman–Crippen LogP) is 0.679. The molecule has 0 aromatic heterocycles. The SMILES string of the molecule is CCOC(C)C(=O)N1CCCCC1CNC(=O)CCN.Cl. The number of hydrogen-bond acceptors (Lipinski definition) is 4. The molecule has 7 heteroatoms. The second-order valence-electron chi connectivity index (χ2n) is 5.12. The molecule has 3 N–H and O–H groups in total. The molecular formula is C14H28ClN3O3. The van der Waals surface area contributed by atoms with Crippen molar-refractivity contribution in [2.45, 2.75) is 51.7 Å². The molecule has 0 aromatic rings. The Hall–Kier alpha value is -0.850. The summed E-state index contributed by atoms with van der Waals surface area (Å²) >= 11 is 0. The highest BCUT2D eigenvalue weighted by atomic mass is 35.5. The molecular weight excluding hydrogens is 294 g/mol. The van der Waals surface area contributed by atoms with Crippen molar-refractivity contribution in [3.05, 3.63) is 0 Å². The Labute approximate surface area is 133 Å². The van der Waals surface area contributed by atoms with Gasteiger partial charge in [0.1, 0.15) is 6.10 Å². The molecule has 1 heterocycles. The number of nitrogens with two attached hydrogens (primary N) is 1. The maximum Gasteiger partial charge on any atom is 0.251 e. The Morgan fingerprint density at radius 1 is 1.43 bits per heavy atom. The number of carbonyl (C=O) groups excluding carboxylic acids is 2. The molecule has 21 heavy (non-hydrogen) atoms. The van der Waals surface area contributed by atoms with Crippen molar-refractivity contribution < 1.29 is 14.3 Å². The third-order valence-electron chi connectivity index (χ3n) is 3.58. The number of ether oxygens (including phenoxy) is 1. The topological polar surface area (TPSA) is 84.7 Å². The number of rotatable bonds is 7. The van der Waals surface area contributed by atoms with Crippen molar-refractivity contribution in [1.29, 1.82) is 0 Å². The molecule has 1 rings (SSSR count). The zero-order valence-corrected chi connectivity index (χ0v) is 13.8. The Balaban J connectivity index is 0.00000400. The first-order valence-electron chi connectivity index (χ1n) is 7.49. The van der Waals surface area contributed by atoms with Gasteiger partial charge in [0.2, 0.25) is 5.91 Å². The second kappa shape index (κ2) is 10.8. The number of nitrogens with one attached hydrogen (secondary N) is 1. The minimum Gasteiger partial charge on any atom is -0.369 e. The van der Waals surface area contributed by atoms with Crippen LogP contribution in [0.3, 0.4) is 0 Å². The van der Waals surface area contributed by atoms with Crippen LogP contribution in [-0.4, -0.2) is 55.1 Å². The van der Waals surface area contributed by atoms with E-state index in [1.165, 1.54) is 0 Å². The third-order valence-corrected chi connectivity index (χ3v) is 3.58. The first-order chi connectivity index (χ1) is 9.60. The molecule has 1 aliphatic rings. The Morgan fingerprint density at radius 3 is 2.76 bits per heavy atom. The standard InChI is InChI=1S/C14H27N3O3.ClH/c1-3-20-11(2)14(19)17-9-5-4-6-12(17)10-16-13(18)7-8-15;/h11-12H,3-10,15H2,1-2H3,(H,16,18);1H. The van der Waals surface area contributed by atoms with Gasteiger partial charge in [-0.05, 0) is 33.1 Å². The first-order valence-corrected chi connectivity index (χ1v) is 7.49. The van der Waals surface area contributed by atoms with Crippen LogP contribution < -0.4 is 11.1 Å². The minimum absolute atomic E-state index is 0. The molecule has 0 spiro atoms. The number of hydrogen-bond donors (Lipinski definition) is 2. The van der Waals surface area contributed by atoms with Crippen LogP contribution in [-0.2, 0) is 14.3 Å². The molecule has 2 unspecified atom stereocenters. The summed E-state index contributed by atoms with van der Waals surface area (Å²) in [6, 6.07) is 0.0703. The lowest BCUT2D eigenvalue weighted by Crippen LogP contribution is -2.52. The number of halogens is 1. The molecule has 1 fully saturated rings. The van der Waals surface area contributed by atoms with E-state index in [1.807, 2.05) is 11.8 Å². The summed E-state index contributed by atoms with van der Waals surface area (Å²) in [5.41, 5.74) is 5.34. The van der Waals surface area contributed by atoms with Crippen LogP contribution in [0.4, 0.5) is 0 Å². The number of amides is 2. The van der Waals surface area contributed by atoms with Crippen LogP contribution in [0.1, 0.15) is 39.5 Å². The van der Waals surface area contributed by atoms with Gasteiger partial charge in [-0.1, -0.05) is 0 Å². The van der Waals surface area contributed by atoms with E-state index in [-0.39, 0.29) is 30.3 Å². The van der Waals surface area contributed by atoms with Gasteiger partial charge in [-0.15, -0.1) is 12.4 Å². The van der Waals surface area contributed by atoms with Crippen LogP contribution in [0.2, 0.25) is 0 Å². The van der Waals surface area contributed by atoms with Crippen LogP contribution >= 0.6 is 12.4 Å². The summed E-state index contributed by atoms with van der Waals surface area (Å²) < 4.78 is 5.37. The van der Waals surface area contributed by atoms with Gasteiger partial charge in [0.15, 0.2) is 0 Å². The van der Waals surface area contributed by atoms with E-state index >= 15 is 0 Å². The predicted molar refractivity (Wildman–Crippen MR) is 84.4 cm³/mol. The quantitative estimate of drug-likeness (QED) is 0.722. The molecule has 2 atom stereocenters. The lowest BCUT2D eigenvalue weighted by atomic mass is 10.0. The highest BCUT2D eigenvalue weighted by Gasteiger charge is 2.29. The fourth-order valence-electron chi connectivity index (χ4n) is 2.51. The highest BCUT2D eigenvalue weighted by Crippen LogP contribution is 2.18. The summed E-state index contributed by atoms with van der Waals surface area (Å²) in [5.74, 6) is -0.0343. The number of nitrogens with zero attached hydrogens (tertiary/aromatic N) is 1. The summed E-state index contributed by atoms with van der Waals surface area (Å²) in [7, 11) is 0. The van der Waals surface area contributed by atoms with Crippen LogP contribution in [0.25, 0.3) is 0 Å². The zero-order chi connectivity index (χ0) is 15.0. The summed E-state index contributed by atoms with van der Waals surface area (Å²) in [6.07, 6.45) is 2.94. The van der Waals surface area contributed by atoms with Gasteiger partial charge in [0.25, 0.3) is 5.91 Å². The van der Waals surface area contributed by atoms with E-state index in [1.54, 1.807) is 6.92 Å². The zero-order valence-electron chi connectivity index (χ0n) is 13.0. The van der Waals surface area contributed by atoms with E-state index in [2.05, 4.69) is 5.32 Å². The molecule has 2 amide bonds. The van der Waals surface area contributed by atoms with E-state index in [0.717, 1.165) is 25.8 Å². The summed E-state index contributed by atoms with van der Waals surface area (Å²) in [6.45, 7) is 5.78. The van der Waals surface area contributed by atoms with E-state index in [9.17, 15) is 9.59 Å². The average Bonchev–Trinajstić information content (AvgIpc) is 2.45. The minimum atomic E-state index is -0.416. The van der Waals surface area contributed by atoms with Crippen molar-refractivity contribution in [2.24, 2.45) is 5.73 Å². The van der Waals surface area contributed by atoms with Gasteiger partial charge in [0, 0.05) is 38.7 Å². The Bertz CT molecular complexity index is 329. The Morgan fingerprint density at radius 2 is 2.14 bits per heavy atom. The van der Waals surface area contributed by atoms with Gasteiger partial charge in [-0.3, -0.25) is 9.59 Å². The first kappa shape index (κ1) is 20.1. The molecule has 0 aliphatic carbocycles. The number of carbonyl (C=O) groups is 2. The van der Waals surface area contributed by atoms with Gasteiger partial charge in [-0.2, -0.15) is 0 Å². The van der Waals surface area contributed by atoms with Gasteiger partial charge < -0.3 is 20.7 Å². The van der Waals surface area contributed by atoms with Crippen LogP contribution in [0.5, 0.6) is 0 Å². The maximum absolute atomic E-state index is 12.3. The van der Waals surface area contributed by atoms with Crippen molar-refractivity contribution >= 4 is 24.2 Å². The smallest absolute Gasteiger partial charge is 0.251 e. The van der Waals surface area contributed by atoms with Gasteiger partial charge >= 0.3 is 0 Å². The molecule has 1 saturated heterocycles. The fourth-order valence-corrected chi connectivity index (χ4v) is 2.51. The van der Waals surface area contributed by atoms with Crippen molar-refractivity contribution in [3.63, 3.8) is 0 Å². The lowest BCUT2D eigenvalue weighted by molar-refractivity contribution is -0.146. The van der Waals surface area contributed by atoms with Crippen LogP contribution in [0.15, 0.2) is 0 Å². The molecule has 1 aliphatic heterocycles. The number of piperidine rings is 1. The van der Waals surface area contributed by atoms with E-state index < -0.39 is 6.10 Å². The normalized spacial score (nSPS) is 19.6. The maximum atomic E-state index is 12.3. The average molecular weight is 322 g/mol. The highest BCUT2D eigenvalue weighted by molar-refractivity contribution is 5.85. The Kier molecular flexibility index (Phi) is 10.4. The van der Waals surface area contributed by atoms with Crippen LogP contribution in [0, 0.1) is 0 Å². The van der Waals surface area contributed by atoms with Crippen molar-refractivity contribution in [1.82, 2.24) is 10.2 Å². The molecule has 0 aromatic carbocycles. The third kappa shape index (κ3) is 6.63. The summed E-state index contributed by atoms with van der Waals surface area (Å²) in [4.78, 5) is 25.7. The second-order valence-corrected chi connectivity index (χ2v) is 5.12. The van der Waals surface area contributed by atoms with Gasteiger partial charge in [-0.25, -0.2) is 0 Å². The fraction of sp³-hybridized carbons (Fsp3) is 0.857. The number of likely N-dealkylation sites (tertiary alicyclic amines) is 1. The van der Waals surface area contributed by atoms with E-state index in [4.69, 9.17) is 10.5 Å². The molecule has 0 saturated carbocycles. The molecule has 0 radical (unpaired) electrons. The molecule has 0 bridgehead atoms. The lowest BCUT2D eigenvalue weighted by Gasteiger charge is -2.37. The van der Waals surface area contributed by atoms with Gasteiger partial charge in [0.05, 0.1) is 0 Å². The molecule has 6 nitrogen and oxygen atoms in total. The van der Waals surface area contributed by atoms with E-state index in [0.29, 0.717) is 26.1 Å². The largest absolute Gasteiger partial charge is 0.369 e.